The minimum Gasteiger partial charge on any atom is -0.480 e. The second-order valence-electron chi connectivity index (χ2n) is 4.12. The Bertz CT molecular complexity index is 364. The van der Waals surface area contributed by atoms with E-state index in [1.54, 1.807) is 6.20 Å². The molecule has 0 amide bonds. The molecule has 1 saturated heterocycles. The molecule has 0 aliphatic carbocycles. The fourth-order valence-corrected chi connectivity index (χ4v) is 1.99. The first-order chi connectivity index (χ1) is 7.67. The first-order valence-corrected chi connectivity index (χ1v) is 5.34. The third-order valence-electron chi connectivity index (χ3n) is 2.97. The Hall–Kier alpha value is -1.20. The number of methoxy groups -OCH3 is 1. The summed E-state index contributed by atoms with van der Waals surface area (Å²) in [6, 6.07) is 0. The van der Waals surface area contributed by atoms with E-state index in [1.807, 2.05) is 6.92 Å². The second-order valence-corrected chi connectivity index (χ2v) is 4.12. The number of hydrogen-bond donors (Lipinski definition) is 1. The van der Waals surface area contributed by atoms with Gasteiger partial charge in [0.15, 0.2) is 0 Å². The van der Waals surface area contributed by atoms with Crippen LogP contribution < -0.4 is 4.74 Å². The number of rotatable bonds is 3. The molecule has 88 valence electrons. The van der Waals surface area contributed by atoms with Crippen LogP contribution in [-0.2, 0) is 4.74 Å². The van der Waals surface area contributed by atoms with Gasteiger partial charge in [-0.05, 0) is 19.8 Å². The maximum atomic E-state index is 10.3. The van der Waals surface area contributed by atoms with Gasteiger partial charge in [-0.15, -0.1) is 0 Å². The molecule has 16 heavy (non-hydrogen) atoms. The van der Waals surface area contributed by atoms with Crippen LogP contribution in [0.1, 0.15) is 31.6 Å². The molecule has 0 aromatic carbocycles. The van der Waals surface area contributed by atoms with Gasteiger partial charge in [0, 0.05) is 19.0 Å². The van der Waals surface area contributed by atoms with Crippen molar-refractivity contribution in [3.05, 3.63) is 18.1 Å². The lowest BCUT2D eigenvalue weighted by Gasteiger charge is -2.29. The zero-order valence-corrected chi connectivity index (χ0v) is 9.51. The maximum absolute atomic E-state index is 10.3. The number of aliphatic hydroxyl groups excluding tert-OH is 1. The summed E-state index contributed by atoms with van der Waals surface area (Å²) in [5, 5.41) is 10.3. The quantitative estimate of drug-likeness (QED) is 0.832. The Morgan fingerprint density at radius 2 is 2.25 bits per heavy atom. The standard InChI is InChI=1S/C11H16N2O3/c1-11(4-3-7-16-11)9(14)8-10(15-2)13-6-5-12-8/h5-6,9,14H,3-4,7H2,1-2H3. The van der Waals surface area contributed by atoms with Crippen LogP contribution in [0.4, 0.5) is 0 Å². The summed E-state index contributed by atoms with van der Waals surface area (Å²) in [7, 11) is 1.51. The van der Waals surface area contributed by atoms with Gasteiger partial charge in [0.05, 0.1) is 12.7 Å². The van der Waals surface area contributed by atoms with E-state index in [0.29, 0.717) is 18.2 Å². The van der Waals surface area contributed by atoms with E-state index in [9.17, 15) is 5.11 Å². The molecule has 5 heteroatoms. The zero-order valence-electron chi connectivity index (χ0n) is 9.51. The van der Waals surface area contributed by atoms with Crippen molar-refractivity contribution in [2.24, 2.45) is 0 Å². The van der Waals surface area contributed by atoms with E-state index in [1.165, 1.54) is 13.3 Å². The summed E-state index contributed by atoms with van der Waals surface area (Å²) in [5.74, 6) is 0.353. The average molecular weight is 224 g/mol. The number of nitrogens with zero attached hydrogens (tertiary/aromatic N) is 2. The van der Waals surface area contributed by atoms with Gasteiger partial charge in [0.25, 0.3) is 0 Å². The third-order valence-corrected chi connectivity index (χ3v) is 2.97. The molecule has 1 aliphatic rings. The molecule has 0 spiro atoms. The van der Waals surface area contributed by atoms with Crippen LogP contribution in [-0.4, -0.2) is 34.4 Å². The van der Waals surface area contributed by atoms with Gasteiger partial charge < -0.3 is 14.6 Å². The Morgan fingerprint density at radius 1 is 1.50 bits per heavy atom. The van der Waals surface area contributed by atoms with E-state index in [0.717, 1.165) is 12.8 Å². The van der Waals surface area contributed by atoms with E-state index in [2.05, 4.69) is 9.97 Å². The monoisotopic (exact) mass is 224 g/mol. The summed E-state index contributed by atoms with van der Waals surface area (Å²) in [6.07, 6.45) is 4.04. The molecule has 1 fully saturated rings. The van der Waals surface area contributed by atoms with Gasteiger partial charge in [-0.3, -0.25) is 4.98 Å². The number of ether oxygens (including phenoxy) is 2. The van der Waals surface area contributed by atoms with Gasteiger partial charge in [0.2, 0.25) is 5.88 Å². The molecule has 5 nitrogen and oxygen atoms in total. The topological polar surface area (TPSA) is 64.5 Å². The second kappa shape index (κ2) is 4.35. The summed E-state index contributed by atoms with van der Waals surface area (Å²) in [6.45, 7) is 2.56. The van der Waals surface area contributed by atoms with Gasteiger partial charge in [-0.25, -0.2) is 4.98 Å². The first-order valence-electron chi connectivity index (χ1n) is 5.34. The Labute approximate surface area is 94.4 Å². The molecular weight excluding hydrogens is 208 g/mol. The molecule has 1 aromatic heterocycles. The summed E-state index contributed by atoms with van der Waals surface area (Å²) in [4.78, 5) is 8.14. The highest BCUT2D eigenvalue weighted by Gasteiger charge is 2.40. The van der Waals surface area contributed by atoms with Crippen molar-refractivity contribution >= 4 is 0 Å². The molecule has 2 heterocycles. The van der Waals surface area contributed by atoms with E-state index >= 15 is 0 Å². The molecule has 1 aliphatic heterocycles. The predicted molar refractivity (Wildman–Crippen MR) is 57.1 cm³/mol. The van der Waals surface area contributed by atoms with Gasteiger partial charge in [-0.1, -0.05) is 0 Å². The molecule has 1 N–H and O–H groups in total. The average Bonchev–Trinajstić information content (AvgIpc) is 2.76. The molecular formula is C11H16N2O3. The Balaban J connectivity index is 2.29. The largest absolute Gasteiger partial charge is 0.480 e. The van der Waals surface area contributed by atoms with Crippen molar-refractivity contribution in [2.45, 2.75) is 31.5 Å². The molecule has 0 bridgehead atoms. The normalized spacial score (nSPS) is 26.7. The highest BCUT2D eigenvalue weighted by atomic mass is 16.5. The minimum absolute atomic E-state index is 0.353. The molecule has 2 rings (SSSR count). The van der Waals surface area contributed by atoms with Gasteiger partial charge >= 0.3 is 0 Å². The highest BCUT2D eigenvalue weighted by molar-refractivity contribution is 5.22. The molecule has 1 aromatic rings. The highest BCUT2D eigenvalue weighted by Crippen LogP contribution is 2.38. The third kappa shape index (κ3) is 1.88. The fraction of sp³-hybridized carbons (Fsp3) is 0.636. The number of aliphatic hydroxyl groups is 1. The van der Waals surface area contributed by atoms with Crippen LogP contribution >= 0.6 is 0 Å². The summed E-state index contributed by atoms with van der Waals surface area (Å²) < 4.78 is 10.7. The SMILES string of the molecule is COc1nccnc1C(O)C1(C)CCCO1. The van der Waals surface area contributed by atoms with E-state index in [-0.39, 0.29) is 0 Å². The molecule has 0 saturated carbocycles. The smallest absolute Gasteiger partial charge is 0.238 e. The van der Waals surface area contributed by atoms with Crippen LogP contribution in [0.25, 0.3) is 0 Å². The molecule has 2 atom stereocenters. The zero-order chi connectivity index (χ0) is 11.6. The van der Waals surface area contributed by atoms with E-state index in [4.69, 9.17) is 9.47 Å². The number of hydrogen-bond acceptors (Lipinski definition) is 5. The Morgan fingerprint density at radius 3 is 2.88 bits per heavy atom. The number of aromatic nitrogens is 2. The van der Waals surface area contributed by atoms with Crippen molar-refractivity contribution in [2.75, 3.05) is 13.7 Å². The van der Waals surface area contributed by atoms with Gasteiger partial charge in [-0.2, -0.15) is 0 Å². The van der Waals surface area contributed by atoms with Crippen LogP contribution in [0.2, 0.25) is 0 Å². The van der Waals surface area contributed by atoms with Crippen molar-refractivity contribution in [3.63, 3.8) is 0 Å². The van der Waals surface area contributed by atoms with Crippen molar-refractivity contribution in [3.8, 4) is 5.88 Å². The van der Waals surface area contributed by atoms with Crippen molar-refractivity contribution in [1.29, 1.82) is 0 Å². The van der Waals surface area contributed by atoms with Gasteiger partial charge in [0.1, 0.15) is 11.8 Å². The van der Waals surface area contributed by atoms with Crippen LogP contribution in [0, 0.1) is 0 Å². The summed E-state index contributed by atoms with van der Waals surface area (Å²) >= 11 is 0. The lowest BCUT2D eigenvalue weighted by molar-refractivity contribution is -0.0822. The van der Waals surface area contributed by atoms with Crippen LogP contribution in [0.15, 0.2) is 12.4 Å². The lowest BCUT2D eigenvalue weighted by Crippen LogP contribution is -2.32. The van der Waals surface area contributed by atoms with Crippen LogP contribution in [0.5, 0.6) is 5.88 Å². The molecule has 2 unspecified atom stereocenters. The van der Waals surface area contributed by atoms with E-state index < -0.39 is 11.7 Å². The van der Waals surface area contributed by atoms with Crippen LogP contribution in [0.3, 0.4) is 0 Å². The minimum atomic E-state index is -0.807. The fourth-order valence-electron chi connectivity index (χ4n) is 1.99. The van der Waals surface area contributed by atoms with Crippen molar-refractivity contribution < 1.29 is 14.6 Å². The summed E-state index contributed by atoms with van der Waals surface area (Å²) in [5.41, 5.74) is -0.141. The lowest BCUT2D eigenvalue weighted by atomic mass is 9.93. The first kappa shape index (κ1) is 11.3. The molecule has 0 radical (unpaired) electrons. The van der Waals surface area contributed by atoms with Crippen molar-refractivity contribution in [1.82, 2.24) is 9.97 Å². The Kier molecular flexibility index (Phi) is 3.07. The predicted octanol–water partition coefficient (Wildman–Crippen LogP) is 1.09. The maximum Gasteiger partial charge on any atom is 0.238 e.